The highest BCUT2D eigenvalue weighted by Gasteiger charge is 2.12. The first kappa shape index (κ1) is 13.2. The normalized spacial score (nSPS) is 10.8. The molecule has 1 aromatic heterocycles. The number of rotatable bonds is 6. The van der Waals surface area contributed by atoms with Crippen molar-refractivity contribution in [3.05, 3.63) is 17.0 Å². The summed E-state index contributed by atoms with van der Waals surface area (Å²) >= 11 is 6.05. The molecule has 0 aliphatic heterocycles. The molecule has 0 aliphatic carbocycles. The van der Waals surface area contributed by atoms with Gasteiger partial charge in [-0.05, 0) is 12.3 Å². The van der Waals surface area contributed by atoms with Crippen LogP contribution in [0.2, 0.25) is 5.15 Å². The molecule has 0 radical (unpaired) electrons. The molecule has 0 spiro atoms. The number of hydrogen-bond donors (Lipinski definition) is 1. The Morgan fingerprint density at radius 1 is 1.44 bits per heavy atom. The van der Waals surface area contributed by atoms with Crippen molar-refractivity contribution >= 4 is 17.4 Å². The molecule has 0 saturated heterocycles. The summed E-state index contributed by atoms with van der Waals surface area (Å²) in [7, 11) is 1.70. The molecule has 5 heteroatoms. The molecule has 1 heterocycles. The summed E-state index contributed by atoms with van der Waals surface area (Å²) in [4.78, 5) is 8.21. The van der Waals surface area contributed by atoms with Crippen LogP contribution < -0.4 is 5.32 Å². The summed E-state index contributed by atoms with van der Waals surface area (Å²) in [5, 5.41) is 3.78. The summed E-state index contributed by atoms with van der Waals surface area (Å²) in [6, 6.07) is 0. The predicted octanol–water partition coefficient (Wildman–Crippen LogP) is 2.70. The Labute approximate surface area is 101 Å². The van der Waals surface area contributed by atoms with Crippen LogP contribution >= 0.6 is 11.6 Å². The molecule has 0 aromatic carbocycles. The lowest BCUT2D eigenvalue weighted by Gasteiger charge is -2.13. The summed E-state index contributed by atoms with van der Waals surface area (Å²) in [6.07, 6.45) is 2.42. The molecule has 0 unspecified atom stereocenters. The van der Waals surface area contributed by atoms with E-state index in [1.54, 1.807) is 7.11 Å². The largest absolute Gasteiger partial charge is 0.385 e. The SMILES string of the molecule is COCCCNc1ncnc(Cl)c1C(C)C. The van der Waals surface area contributed by atoms with E-state index in [0.29, 0.717) is 11.1 Å². The zero-order valence-corrected chi connectivity index (χ0v) is 10.7. The number of aromatic nitrogens is 2. The molecule has 0 fully saturated rings. The number of anilines is 1. The molecule has 1 rings (SSSR count). The van der Waals surface area contributed by atoms with Gasteiger partial charge in [-0.2, -0.15) is 0 Å². The third kappa shape index (κ3) is 3.61. The van der Waals surface area contributed by atoms with Crippen molar-refractivity contribution in [1.29, 1.82) is 0 Å². The van der Waals surface area contributed by atoms with Crippen LogP contribution in [0, 0.1) is 0 Å². The predicted molar refractivity (Wildman–Crippen MR) is 66.1 cm³/mol. The second kappa shape index (κ2) is 6.66. The van der Waals surface area contributed by atoms with Crippen LogP contribution in [0.5, 0.6) is 0 Å². The maximum absolute atomic E-state index is 6.05. The van der Waals surface area contributed by atoms with E-state index in [0.717, 1.165) is 31.0 Å². The van der Waals surface area contributed by atoms with Gasteiger partial charge in [-0.25, -0.2) is 9.97 Å². The average Bonchev–Trinajstić information content (AvgIpc) is 2.24. The Hall–Kier alpha value is -0.870. The van der Waals surface area contributed by atoms with Gasteiger partial charge in [0.05, 0.1) is 0 Å². The van der Waals surface area contributed by atoms with E-state index in [4.69, 9.17) is 16.3 Å². The first-order valence-electron chi connectivity index (χ1n) is 5.40. The Morgan fingerprint density at radius 3 is 2.81 bits per heavy atom. The second-order valence-electron chi connectivity index (χ2n) is 3.85. The van der Waals surface area contributed by atoms with E-state index in [9.17, 15) is 0 Å². The third-order valence-electron chi connectivity index (χ3n) is 2.23. The molecule has 4 nitrogen and oxygen atoms in total. The average molecular weight is 244 g/mol. The van der Waals surface area contributed by atoms with E-state index < -0.39 is 0 Å². The fourth-order valence-electron chi connectivity index (χ4n) is 1.45. The summed E-state index contributed by atoms with van der Waals surface area (Å²) in [5.74, 6) is 1.13. The van der Waals surface area contributed by atoms with E-state index in [-0.39, 0.29) is 0 Å². The number of methoxy groups -OCH3 is 1. The lowest BCUT2D eigenvalue weighted by Crippen LogP contribution is -2.10. The quantitative estimate of drug-likeness (QED) is 0.617. The summed E-state index contributed by atoms with van der Waals surface area (Å²) < 4.78 is 4.98. The summed E-state index contributed by atoms with van der Waals surface area (Å²) in [5.41, 5.74) is 0.974. The van der Waals surface area contributed by atoms with Crippen LogP contribution in [-0.4, -0.2) is 30.2 Å². The number of halogens is 1. The van der Waals surface area contributed by atoms with Crippen molar-refractivity contribution in [3.8, 4) is 0 Å². The van der Waals surface area contributed by atoms with Crippen molar-refractivity contribution < 1.29 is 4.74 Å². The van der Waals surface area contributed by atoms with Crippen molar-refractivity contribution in [3.63, 3.8) is 0 Å². The van der Waals surface area contributed by atoms with Crippen molar-refractivity contribution in [1.82, 2.24) is 9.97 Å². The first-order chi connectivity index (χ1) is 7.66. The molecule has 1 aromatic rings. The zero-order chi connectivity index (χ0) is 12.0. The van der Waals surface area contributed by atoms with E-state index >= 15 is 0 Å². The fourth-order valence-corrected chi connectivity index (χ4v) is 1.80. The van der Waals surface area contributed by atoms with E-state index in [1.807, 2.05) is 0 Å². The van der Waals surface area contributed by atoms with E-state index in [2.05, 4.69) is 29.1 Å². The van der Waals surface area contributed by atoms with Gasteiger partial charge in [-0.15, -0.1) is 0 Å². The van der Waals surface area contributed by atoms with Gasteiger partial charge in [-0.1, -0.05) is 25.4 Å². The third-order valence-corrected chi connectivity index (χ3v) is 2.53. The Balaban J connectivity index is 2.67. The lowest BCUT2D eigenvalue weighted by atomic mass is 10.1. The Morgan fingerprint density at radius 2 is 2.19 bits per heavy atom. The molecule has 0 aliphatic rings. The zero-order valence-electron chi connectivity index (χ0n) is 9.96. The minimum atomic E-state index is 0.304. The van der Waals surface area contributed by atoms with Gasteiger partial charge in [-0.3, -0.25) is 0 Å². The van der Waals surface area contributed by atoms with Crippen molar-refractivity contribution in [2.75, 3.05) is 25.6 Å². The number of ether oxygens (including phenoxy) is 1. The topological polar surface area (TPSA) is 47.0 Å². The monoisotopic (exact) mass is 243 g/mol. The molecule has 1 N–H and O–H groups in total. The van der Waals surface area contributed by atoms with Crippen LogP contribution in [0.15, 0.2) is 6.33 Å². The molecule has 90 valence electrons. The van der Waals surface area contributed by atoms with Crippen LogP contribution in [-0.2, 0) is 4.74 Å². The Kier molecular flexibility index (Phi) is 5.49. The van der Waals surface area contributed by atoms with Gasteiger partial charge < -0.3 is 10.1 Å². The maximum Gasteiger partial charge on any atom is 0.138 e. The lowest BCUT2D eigenvalue weighted by molar-refractivity contribution is 0.197. The highest BCUT2D eigenvalue weighted by molar-refractivity contribution is 6.30. The van der Waals surface area contributed by atoms with Gasteiger partial charge in [0.1, 0.15) is 17.3 Å². The number of nitrogens with zero attached hydrogens (tertiary/aromatic N) is 2. The highest BCUT2D eigenvalue weighted by Crippen LogP contribution is 2.27. The smallest absolute Gasteiger partial charge is 0.138 e. The molecule has 0 bridgehead atoms. The second-order valence-corrected chi connectivity index (χ2v) is 4.21. The van der Waals surface area contributed by atoms with Gasteiger partial charge in [0, 0.05) is 25.8 Å². The molecule has 16 heavy (non-hydrogen) atoms. The molecule has 0 amide bonds. The van der Waals surface area contributed by atoms with Crippen LogP contribution in [0.25, 0.3) is 0 Å². The van der Waals surface area contributed by atoms with Crippen LogP contribution in [0.3, 0.4) is 0 Å². The molecule has 0 saturated carbocycles. The van der Waals surface area contributed by atoms with Crippen LogP contribution in [0.1, 0.15) is 31.7 Å². The first-order valence-corrected chi connectivity index (χ1v) is 5.77. The van der Waals surface area contributed by atoms with Gasteiger partial charge in [0.15, 0.2) is 0 Å². The Bertz CT molecular complexity index is 331. The molecular formula is C11H18ClN3O. The van der Waals surface area contributed by atoms with Crippen molar-refractivity contribution in [2.45, 2.75) is 26.2 Å². The summed E-state index contributed by atoms with van der Waals surface area (Å²) in [6.45, 7) is 5.71. The van der Waals surface area contributed by atoms with Gasteiger partial charge in [0.25, 0.3) is 0 Å². The maximum atomic E-state index is 6.05. The fraction of sp³-hybridized carbons (Fsp3) is 0.636. The van der Waals surface area contributed by atoms with Gasteiger partial charge in [0.2, 0.25) is 0 Å². The van der Waals surface area contributed by atoms with Gasteiger partial charge >= 0.3 is 0 Å². The molecular weight excluding hydrogens is 226 g/mol. The van der Waals surface area contributed by atoms with E-state index in [1.165, 1.54) is 6.33 Å². The van der Waals surface area contributed by atoms with Crippen LogP contribution in [0.4, 0.5) is 5.82 Å². The number of hydrogen-bond acceptors (Lipinski definition) is 4. The molecule has 0 atom stereocenters. The highest BCUT2D eigenvalue weighted by atomic mass is 35.5. The van der Waals surface area contributed by atoms with Crippen molar-refractivity contribution in [2.24, 2.45) is 0 Å². The number of nitrogens with one attached hydrogen (secondary N) is 1. The standard InChI is InChI=1S/C11H18ClN3O/c1-8(2)9-10(12)14-7-15-11(9)13-5-4-6-16-3/h7-8H,4-6H2,1-3H3,(H,13,14,15). The minimum Gasteiger partial charge on any atom is -0.385 e. The minimum absolute atomic E-state index is 0.304.